The maximum absolute atomic E-state index is 5.85. The zero-order chi connectivity index (χ0) is 15.4. The van der Waals surface area contributed by atoms with Gasteiger partial charge in [-0.05, 0) is 36.2 Å². The zero-order valence-corrected chi connectivity index (χ0v) is 12.2. The molecule has 0 bridgehead atoms. The van der Waals surface area contributed by atoms with E-state index in [1.165, 1.54) is 0 Å². The molecule has 0 aliphatic carbocycles. The van der Waals surface area contributed by atoms with Crippen LogP contribution in [0.1, 0.15) is 11.1 Å². The summed E-state index contributed by atoms with van der Waals surface area (Å²) in [5.74, 6) is 1.57. The molecule has 0 fully saturated rings. The highest BCUT2D eigenvalue weighted by Gasteiger charge is 2.04. The lowest BCUT2D eigenvalue weighted by atomic mass is 10.2. The molecule has 0 atom stereocenters. The lowest BCUT2D eigenvalue weighted by Gasteiger charge is -2.11. The van der Waals surface area contributed by atoms with Crippen LogP contribution in [-0.2, 0) is 6.61 Å². The van der Waals surface area contributed by atoms with Gasteiger partial charge in [-0.25, -0.2) is 5.10 Å². The molecule has 0 saturated heterocycles. The van der Waals surface area contributed by atoms with Gasteiger partial charge in [0.1, 0.15) is 12.4 Å². The lowest BCUT2D eigenvalue weighted by molar-refractivity contribution is 0.304. The number of aromatic nitrogens is 3. The first-order valence-corrected chi connectivity index (χ1v) is 6.93. The summed E-state index contributed by atoms with van der Waals surface area (Å²) >= 11 is 0. The van der Waals surface area contributed by atoms with Gasteiger partial charge in [0.2, 0.25) is 11.9 Å². The predicted molar refractivity (Wildman–Crippen MR) is 86.0 cm³/mol. The molecule has 0 radical (unpaired) electrons. The van der Waals surface area contributed by atoms with Crippen LogP contribution in [0, 0.1) is 6.92 Å². The molecule has 1 aromatic heterocycles. The summed E-state index contributed by atoms with van der Waals surface area (Å²) < 4.78 is 5.85. The summed E-state index contributed by atoms with van der Waals surface area (Å²) in [6.45, 7) is 2.55. The average molecular weight is 295 g/mol. The average Bonchev–Trinajstić information content (AvgIpc) is 2.92. The SMILES string of the molecule is Cc1cc(Nc2n[nH]c(N)n2)ccc1OCc1ccccc1. The summed E-state index contributed by atoms with van der Waals surface area (Å²) in [6.07, 6.45) is 0. The van der Waals surface area contributed by atoms with Crippen molar-refractivity contribution in [3.05, 3.63) is 59.7 Å². The molecule has 6 heteroatoms. The third kappa shape index (κ3) is 3.35. The first-order chi connectivity index (χ1) is 10.7. The minimum Gasteiger partial charge on any atom is -0.489 e. The Morgan fingerprint density at radius 3 is 2.68 bits per heavy atom. The molecule has 0 aliphatic heterocycles. The summed E-state index contributed by atoms with van der Waals surface area (Å²) in [5, 5.41) is 9.60. The number of nitrogen functional groups attached to an aromatic ring is 1. The number of rotatable bonds is 5. The molecule has 0 spiro atoms. The Bertz CT molecular complexity index is 754. The summed E-state index contributed by atoms with van der Waals surface area (Å²) in [7, 11) is 0. The van der Waals surface area contributed by atoms with Crippen molar-refractivity contribution in [2.45, 2.75) is 13.5 Å². The van der Waals surface area contributed by atoms with Crippen LogP contribution in [0.5, 0.6) is 5.75 Å². The molecule has 0 aliphatic rings. The van der Waals surface area contributed by atoms with E-state index in [1.54, 1.807) is 0 Å². The molecule has 6 nitrogen and oxygen atoms in total. The van der Waals surface area contributed by atoms with Gasteiger partial charge in [-0.3, -0.25) is 0 Å². The van der Waals surface area contributed by atoms with Crippen LogP contribution in [0.15, 0.2) is 48.5 Å². The number of aromatic amines is 1. The molecular weight excluding hydrogens is 278 g/mol. The number of anilines is 3. The number of nitrogens with zero attached hydrogens (tertiary/aromatic N) is 2. The number of aryl methyl sites for hydroxylation is 1. The predicted octanol–water partition coefficient (Wildman–Crippen LogP) is 3.02. The molecule has 0 amide bonds. The number of hydrogen-bond acceptors (Lipinski definition) is 5. The molecule has 0 unspecified atom stereocenters. The van der Waals surface area contributed by atoms with Gasteiger partial charge in [-0.2, -0.15) is 4.98 Å². The molecule has 3 aromatic rings. The van der Waals surface area contributed by atoms with Gasteiger partial charge in [0, 0.05) is 5.69 Å². The Balaban J connectivity index is 1.67. The van der Waals surface area contributed by atoms with Gasteiger partial charge in [-0.1, -0.05) is 30.3 Å². The molecule has 0 saturated carbocycles. The van der Waals surface area contributed by atoms with E-state index in [-0.39, 0.29) is 5.95 Å². The minimum absolute atomic E-state index is 0.280. The monoisotopic (exact) mass is 295 g/mol. The van der Waals surface area contributed by atoms with E-state index in [0.29, 0.717) is 12.6 Å². The van der Waals surface area contributed by atoms with Crippen molar-refractivity contribution in [1.29, 1.82) is 0 Å². The fourth-order valence-electron chi connectivity index (χ4n) is 2.08. The van der Waals surface area contributed by atoms with E-state index in [2.05, 4.69) is 20.5 Å². The molecule has 4 N–H and O–H groups in total. The highest BCUT2D eigenvalue weighted by molar-refractivity contribution is 5.57. The second-order valence-corrected chi connectivity index (χ2v) is 4.92. The second-order valence-electron chi connectivity index (χ2n) is 4.92. The normalized spacial score (nSPS) is 10.4. The Hall–Kier alpha value is -3.02. The Labute approximate surface area is 128 Å². The van der Waals surface area contributed by atoms with Crippen LogP contribution in [0.2, 0.25) is 0 Å². The van der Waals surface area contributed by atoms with E-state index in [0.717, 1.165) is 22.6 Å². The van der Waals surface area contributed by atoms with Crippen molar-refractivity contribution >= 4 is 17.6 Å². The number of nitrogens with one attached hydrogen (secondary N) is 2. The fraction of sp³-hybridized carbons (Fsp3) is 0.125. The molecule has 3 rings (SSSR count). The third-order valence-electron chi connectivity index (χ3n) is 3.17. The fourth-order valence-corrected chi connectivity index (χ4v) is 2.08. The van der Waals surface area contributed by atoms with E-state index in [4.69, 9.17) is 10.5 Å². The van der Waals surface area contributed by atoms with Gasteiger partial charge >= 0.3 is 0 Å². The van der Waals surface area contributed by atoms with E-state index in [9.17, 15) is 0 Å². The quantitative estimate of drug-likeness (QED) is 0.673. The van der Waals surface area contributed by atoms with Gasteiger partial charge in [0.15, 0.2) is 0 Å². The van der Waals surface area contributed by atoms with Gasteiger partial charge in [-0.15, -0.1) is 5.10 Å². The molecule has 112 valence electrons. The molecule has 1 heterocycles. The van der Waals surface area contributed by atoms with Crippen molar-refractivity contribution in [3.8, 4) is 5.75 Å². The number of benzene rings is 2. The second kappa shape index (κ2) is 6.17. The highest BCUT2D eigenvalue weighted by Crippen LogP contribution is 2.24. The van der Waals surface area contributed by atoms with Gasteiger partial charge in [0.25, 0.3) is 0 Å². The van der Waals surface area contributed by atoms with Gasteiger partial charge in [0.05, 0.1) is 0 Å². The number of hydrogen-bond donors (Lipinski definition) is 3. The summed E-state index contributed by atoms with van der Waals surface area (Å²) in [5.41, 5.74) is 8.54. The van der Waals surface area contributed by atoms with Crippen molar-refractivity contribution in [2.24, 2.45) is 0 Å². The Morgan fingerprint density at radius 1 is 1.18 bits per heavy atom. The van der Waals surface area contributed by atoms with Crippen LogP contribution < -0.4 is 15.8 Å². The minimum atomic E-state index is 0.280. The maximum atomic E-state index is 5.85. The summed E-state index contributed by atoms with van der Waals surface area (Å²) in [6, 6.07) is 15.9. The largest absolute Gasteiger partial charge is 0.489 e. The number of nitrogens with two attached hydrogens (primary N) is 1. The number of ether oxygens (including phenoxy) is 1. The van der Waals surface area contributed by atoms with E-state index >= 15 is 0 Å². The van der Waals surface area contributed by atoms with Crippen molar-refractivity contribution < 1.29 is 4.74 Å². The van der Waals surface area contributed by atoms with Crippen molar-refractivity contribution in [2.75, 3.05) is 11.1 Å². The zero-order valence-electron chi connectivity index (χ0n) is 12.2. The topological polar surface area (TPSA) is 88.9 Å². The van der Waals surface area contributed by atoms with E-state index < -0.39 is 0 Å². The molecular formula is C16H17N5O. The first kappa shape index (κ1) is 13.9. The molecule has 2 aromatic carbocycles. The van der Waals surface area contributed by atoms with Gasteiger partial charge < -0.3 is 15.8 Å². The van der Waals surface area contributed by atoms with Crippen LogP contribution >= 0.6 is 0 Å². The molecule has 22 heavy (non-hydrogen) atoms. The van der Waals surface area contributed by atoms with E-state index in [1.807, 2.05) is 55.5 Å². The Kier molecular flexibility index (Phi) is 3.91. The van der Waals surface area contributed by atoms with Crippen molar-refractivity contribution in [3.63, 3.8) is 0 Å². The van der Waals surface area contributed by atoms with Crippen LogP contribution in [0.25, 0.3) is 0 Å². The smallest absolute Gasteiger partial charge is 0.248 e. The summed E-state index contributed by atoms with van der Waals surface area (Å²) in [4.78, 5) is 4.00. The number of H-pyrrole nitrogens is 1. The lowest BCUT2D eigenvalue weighted by Crippen LogP contribution is -1.98. The highest BCUT2D eigenvalue weighted by atomic mass is 16.5. The van der Waals surface area contributed by atoms with Crippen LogP contribution in [0.4, 0.5) is 17.6 Å². The van der Waals surface area contributed by atoms with Crippen LogP contribution in [-0.4, -0.2) is 15.2 Å². The van der Waals surface area contributed by atoms with Crippen LogP contribution in [0.3, 0.4) is 0 Å². The maximum Gasteiger partial charge on any atom is 0.248 e. The Morgan fingerprint density at radius 2 is 2.00 bits per heavy atom. The first-order valence-electron chi connectivity index (χ1n) is 6.93. The third-order valence-corrected chi connectivity index (χ3v) is 3.17. The van der Waals surface area contributed by atoms with Crippen molar-refractivity contribution in [1.82, 2.24) is 15.2 Å². The standard InChI is InChI=1S/C16H17N5O/c1-11-9-13(18-16-19-15(17)20-21-16)7-8-14(11)22-10-12-5-3-2-4-6-12/h2-9H,10H2,1H3,(H4,17,18,19,20,21).